The molecule has 0 atom stereocenters. The highest BCUT2D eigenvalue weighted by molar-refractivity contribution is 5.94. The van der Waals surface area contributed by atoms with E-state index < -0.39 is 5.54 Å². The fraction of sp³-hybridized carbons (Fsp3) is 0.421. The van der Waals surface area contributed by atoms with E-state index in [0.29, 0.717) is 23.8 Å². The van der Waals surface area contributed by atoms with Crippen LogP contribution in [0, 0.1) is 6.92 Å². The van der Waals surface area contributed by atoms with Crippen molar-refractivity contribution in [1.82, 2.24) is 30.2 Å². The molecule has 4 rings (SSSR count). The molecule has 0 saturated heterocycles. The van der Waals surface area contributed by atoms with Crippen LogP contribution in [0.4, 0.5) is 0 Å². The first kappa shape index (κ1) is 17.4. The summed E-state index contributed by atoms with van der Waals surface area (Å²) in [4.78, 5) is 21.2. The van der Waals surface area contributed by atoms with E-state index in [1.54, 1.807) is 17.9 Å². The Hall–Kier alpha value is -3.03. The zero-order chi connectivity index (χ0) is 18.7. The molecule has 1 aliphatic rings. The third kappa shape index (κ3) is 3.74. The molecule has 8 nitrogen and oxygen atoms in total. The van der Waals surface area contributed by atoms with E-state index in [0.717, 1.165) is 37.7 Å². The maximum atomic E-state index is 12.9. The Kier molecular flexibility index (Phi) is 4.70. The minimum absolute atomic E-state index is 0.119. The first-order valence-electron chi connectivity index (χ1n) is 9.19. The number of hydrogen-bond donors (Lipinski definition) is 1. The van der Waals surface area contributed by atoms with Crippen molar-refractivity contribution in [3.05, 3.63) is 59.8 Å². The largest absolute Gasteiger partial charge is 0.340 e. The van der Waals surface area contributed by atoms with Gasteiger partial charge in [0.05, 0.1) is 6.54 Å². The van der Waals surface area contributed by atoms with Gasteiger partial charge in [0.15, 0.2) is 5.82 Å². The standard InChI is InChI=1S/C19H22N6O2/c1-14-22-18(24-27-14)19(9-3-2-4-10-19)23-17(26)16-7-5-15(6-8-16)11-25-13-20-12-21-25/h5-8,12-13H,2-4,9-11H2,1H3,(H,23,26). The summed E-state index contributed by atoms with van der Waals surface area (Å²) in [6.07, 6.45) is 8.04. The number of carbonyl (C=O) groups excluding carboxylic acids is 1. The van der Waals surface area contributed by atoms with Crippen molar-refractivity contribution in [3.8, 4) is 0 Å². The third-order valence-corrected chi connectivity index (χ3v) is 5.04. The monoisotopic (exact) mass is 366 g/mol. The molecule has 8 heteroatoms. The number of amides is 1. The smallest absolute Gasteiger partial charge is 0.252 e. The molecule has 0 aliphatic heterocycles. The molecule has 3 aromatic rings. The summed E-state index contributed by atoms with van der Waals surface area (Å²) in [6.45, 7) is 2.39. The van der Waals surface area contributed by atoms with Crippen LogP contribution >= 0.6 is 0 Å². The fourth-order valence-corrected chi connectivity index (χ4v) is 3.61. The van der Waals surface area contributed by atoms with Gasteiger partial charge in [0.25, 0.3) is 5.91 Å². The first-order valence-corrected chi connectivity index (χ1v) is 9.19. The molecule has 140 valence electrons. The molecule has 2 heterocycles. The molecular formula is C19H22N6O2. The summed E-state index contributed by atoms with van der Waals surface area (Å²) in [6, 6.07) is 7.53. The molecule has 1 amide bonds. The number of nitrogens with zero attached hydrogens (tertiary/aromatic N) is 5. The topological polar surface area (TPSA) is 98.7 Å². The van der Waals surface area contributed by atoms with E-state index in [-0.39, 0.29) is 5.91 Å². The van der Waals surface area contributed by atoms with Crippen molar-refractivity contribution < 1.29 is 9.32 Å². The average molecular weight is 366 g/mol. The van der Waals surface area contributed by atoms with Gasteiger partial charge in [0.1, 0.15) is 18.2 Å². The summed E-state index contributed by atoms with van der Waals surface area (Å²) in [7, 11) is 0. The van der Waals surface area contributed by atoms with Gasteiger partial charge >= 0.3 is 0 Å². The molecule has 27 heavy (non-hydrogen) atoms. The molecule has 1 aromatic carbocycles. The van der Waals surface area contributed by atoms with Gasteiger partial charge in [0.2, 0.25) is 5.89 Å². The van der Waals surface area contributed by atoms with Crippen molar-refractivity contribution in [2.24, 2.45) is 0 Å². The summed E-state index contributed by atoms with van der Waals surface area (Å²) >= 11 is 0. The van der Waals surface area contributed by atoms with Crippen LogP contribution in [0.1, 0.15) is 59.7 Å². The lowest BCUT2D eigenvalue weighted by Crippen LogP contribution is -2.48. The van der Waals surface area contributed by atoms with Crippen LogP contribution in [-0.4, -0.2) is 30.8 Å². The third-order valence-electron chi connectivity index (χ3n) is 5.04. The van der Waals surface area contributed by atoms with Crippen LogP contribution in [-0.2, 0) is 12.1 Å². The second kappa shape index (κ2) is 7.30. The molecule has 1 fully saturated rings. The molecule has 0 bridgehead atoms. The summed E-state index contributed by atoms with van der Waals surface area (Å²) in [5.74, 6) is 0.976. The van der Waals surface area contributed by atoms with Gasteiger partial charge in [-0.25, -0.2) is 9.67 Å². The molecule has 1 aliphatic carbocycles. The van der Waals surface area contributed by atoms with Crippen LogP contribution < -0.4 is 5.32 Å². The minimum Gasteiger partial charge on any atom is -0.340 e. The number of hydrogen-bond acceptors (Lipinski definition) is 6. The SMILES string of the molecule is Cc1nc(C2(NC(=O)c3ccc(Cn4cncn4)cc3)CCCCC2)no1. The Morgan fingerprint density at radius 3 is 2.63 bits per heavy atom. The van der Waals surface area contributed by atoms with E-state index in [1.807, 2.05) is 24.3 Å². The van der Waals surface area contributed by atoms with E-state index >= 15 is 0 Å². The quantitative estimate of drug-likeness (QED) is 0.745. The van der Waals surface area contributed by atoms with Crippen LogP contribution in [0.2, 0.25) is 0 Å². The number of aryl methyl sites for hydroxylation is 1. The highest BCUT2D eigenvalue weighted by atomic mass is 16.5. The van der Waals surface area contributed by atoms with Crippen molar-refractivity contribution in [2.75, 3.05) is 0 Å². The van der Waals surface area contributed by atoms with Gasteiger partial charge in [-0.05, 0) is 30.5 Å². The maximum absolute atomic E-state index is 12.9. The molecular weight excluding hydrogens is 344 g/mol. The fourth-order valence-electron chi connectivity index (χ4n) is 3.61. The number of rotatable bonds is 5. The Morgan fingerprint density at radius 2 is 2.00 bits per heavy atom. The number of carbonyl (C=O) groups is 1. The van der Waals surface area contributed by atoms with Crippen molar-refractivity contribution in [3.63, 3.8) is 0 Å². The zero-order valence-electron chi connectivity index (χ0n) is 15.3. The average Bonchev–Trinajstić information content (AvgIpc) is 3.35. The van der Waals surface area contributed by atoms with Crippen molar-refractivity contribution >= 4 is 5.91 Å². The normalized spacial score (nSPS) is 16.2. The molecule has 1 saturated carbocycles. The second-order valence-corrected chi connectivity index (χ2v) is 7.02. The van der Waals surface area contributed by atoms with E-state index in [4.69, 9.17) is 4.52 Å². The number of benzene rings is 1. The molecule has 0 radical (unpaired) electrons. The predicted molar refractivity (Wildman–Crippen MR) is 96.8 cm³/mol. The van der Waals surface area contributed by atoms with E-state index in [1.165, 1.54) is 6.33 Å². The molecule has 0 spiro atoms. The zero-order valence-corrected chi connectivity index (χ0v) is 15.3. The Labute approximate surface area is 157 Å². The van der Waals surface area contributed by atoms with E-state index in [2.05, 4.69) is 25.5 Å². The van der Waals surface area contributed by atoms with Crippen LogP contribution in [0.15, 0.2) is 41.4 Å². The predicted octanol–water partition coefficient (Wildman–Crippen LogP) is 2.61. The lowest BCUT2D eigenvalue weighted by atomic mass is 9.80. The minimum atomic E-state index is -0.549. The molecule has 1 N–H and O–H groups in total. The lowest BCUT2D eigenvalue weighted by Gasteiger charge is -2.35. The lowest BCUT2D eigenvalue weighted by molar-refractivity contribution is 0.0855. The van der Waals surface area contributed by atoms with Crippen molar-refractivity contribution in [2.45, 2.75) is 51.1 Å². The summed E-state index contributed by atoms with van der Waals surface area (Å²) < 4.78 is 6.91. The maximum Gasteiger partial charge on any atom is 0.252 e. The summed E-state index contributed by atoms with van der Waals surface area (Å²) in [5.41, 5.74) is 1.12. The van der Waals surface area contributed by atoms with Crippen molar-refractivity contribution in [1.29, 1.82) is 0 Å². The molecule has 2 aromatic heterocycles. The summed E-state index contributed by atoms with van der Waals surface area (Å²) in [5, 5.41) is 11.4. The Bertz CT molecular complexity index is 895. The molecule has 0 unspecified atom stereocenters. The highest BCUT2D eigenvalue weighted by Gasteiger charge is 2.39. The van der Waals surface area contributed by atoms with Crippen LogP contribution in [0.25, 0.3) is 0 Å². The highest BCUT2D eigenvalue weighted by Crippen LogP contribution is 2.36. The number of nitrogens with one attached hydrogen (secondary N) is 1. The van der Waals surface area contributed by atoms with Crippen LogP contribution in [0.5, 0.6) is 0 Å². The van der Waals surface area contributed by atoms with Gasteiger partial charge < -0.3 is 9.84 Å². The van der Waals surface area contributed by atoms with Gasteiger partial charge in [-0.1, -0.05) is 36.6 Å². The number of aromatic nitrogens is 5. The second-order valence-electron chi connectivity index (χ2n) is 7.02. The van der Waals surface area contributed by atoms with Gasteiger partial charge in [-0.15, -0.1) is 0 Å². The van der Waals surface area contributed by atoms with Gasteiger partial charge in [-0.2, -0.15) is 10.1 Å². The first-order chi connectivity index (χ1) is 13.1. The Balaban J connectivity index is 1.51. The van der Waals surface area contributed by atoms with E-state index in [9.17, 15) is 4.79 Å². The van der Waals surface area contributed by atoms with Gasteiger partial charge in [-0.3, -0.25) is 4.79 Å². The van der Waals surface area contributed by atoms with Gasteiger partial charge in [0, 0.05) is 12.5 Å². The van der Waals surface area contributed by atoms with Crippen LogP contribution in [0.3, 0.4) is 0 Å². The Morgan fingerprint density at radius 1 is 1.22 bits per heavy atom.